The quantitative estimate of drug-likeness (QED) is 0.663. The summed E-state index contributed by atoms with van der Waals surface area (Å²) in [6.07, 6.45) is 4.61. The Bertz CT molecular complexity index is 869. The number of aryl methyl sites for hydroxylation is 1. The van der Waals surface area contributed by atoms with Gasteiger partial charge >= 0.3 is 0 Å². The number of fused-ring (bicyclic) bond motifs is 1. The van der Waals surface area contributed by atoms with Crippen LogP contribution in [-0.4, -0.2) is 28.1 Å². The molecule has 6 nitrogen and oxygen atoms in total. The van der Waals surface area contributed by atoms with E-state index in [1.54, 1.807) is 6.20 Å². The third-order valence-corrected chi connectivity index (χ3v) is 4.86. The summed E-state index contributed by atoms with van der Waals surface area (Å²) in [5.41, 5.74) is 8.67. The normalized spacial score (nSPS) is 16.1. The third kappa shape index (κ3) is 5.15. The van der Waals surface area contributed by atoms with Crippen molar-refractivity contribution in [1.29, 1.82) is 0 Å². The largest absolute Gasteiger partial charge is 0.379 e. The van der Waals surface area contributed by atoms with Crippen molar-refractivity contribution in [2.45, 2.75) is 51.6 Å². The molecule has 29 heavy (non-hydrogen) atoms. The van der Waals surface area contributed by atoms with Crippen molar-refractivity contribution in [3.8, 4) is 0 Å². The van der Waals surface area contributed by atoms with Gasteiger partial charge in [0.15, 0.2) is 0 Å². The monoisotopic (exact) mass is 392 g/mol. The molecule has 1 aliphatic heterocycles. The van der Waals surface area contributed by atoms with Gasteiger partial charge in [0.1, 0.15) is 17.5 Å². The molecule has 3 heterocycles. The number of rotatable bonds is 7. The Balaban J connectivity index is 1.94. The molecule has 6 heteroatoms. The number of nitrogens with two attached hydrogens (primary N) is 1. The van der Waals surface area contributed by atoms with Crippen molar-refractivity contribution in [1.82, 2.24) is 15.3 Å². The van der Waals surface area contributed by atoms with Crippen LogP contribution in [0.25, 0.3) is 5.70 Å². The summed E-state index contributed by atoms with van der Waals surface area (Å²) in [7, 11) is 0. The molecule has 4 N–H and O–H groups in total. The molecule has 0 saturated heterocycles. The van der Waals surface area contributed by atoms with Crippen molar-refractivity contribution in [3.63, 3.8) is 0 Å². The summed E-state index contributed by atoms with van der Waals surface area (Å²) in [5, 5.41) is 6.75. The first-order valence-corrected chi connectivity index (χ1v) is 10.1. The number of aromatic nitrogens is 2. The predicted octanol–water partition coefficient (Wildman–Crippen LogP) is 3.89. The first kappa shape index (κ1) is 20.9. The van der Waals surface area contributed by atoms with Crippen LogP contribution >= 0.6 is 0 Å². The van der Waals surface area contributed by atoms with Crippen molar-refractivity contribution in [2.24, 2.45) is 5.73 Å². The van der Waals surface area contributed by atoms with Gasteiger partial charge in [0.2, 0.25) is 0 Å². The van der Waals surface area contributed by atoms with E-state index in [2.05, 4.69) is 60.5 Å². The number of nitrogens with zero attached hydrogens (tertiary/aromatic N) is 3. The van der Waals surface area contributed by atoms with E-state index in [9.17, 15) is 0 Å². The average molecular weight is 393 g/mol. The molecular formula is C23H32N6. The van der Waals surface area contributed by atoms with Crippen LogP contribution in [0.5, 0.6) is 0 Å². The van der Waals surface area contributed by atoms with E-state index in [4.69, 9.17) is 10.7 Å². The molecule has 154 valence electrons. The van der Waals surface area contributed by atoms with Gasteiger partial charge in [-0.05, 0) is 70.3 Å². The summed E-state index contributed by atoms with van der Waals surface area (Å²) in [6, 6.07) is 10.2. The fraction of sp³-hybridized carbons (Fsp3) is 0.391. The second-order valence-electron chi connectivity index (χ2n) is 8.46. The van der Waals surface area contributed by atoms with E-state index >= 15 is 0 Å². The van der Waals surface area contributed by atoms with Crippen molar-refractivity contribution < 1.29 is 0 Å². The lowest BCUT2D eigenvalue weighted by Crippen LogP contribution is -2.42. The highest BCUT2D eigenvalue weighted by molar-refractivity contribution is 5.65. The number of nitrogens with one attached hydrogen (secondary N) is 2. The lowest BCUT2D eigenvalue weighted by Gasteiger charge is -2.39. The maximum absolute atomic E-state index is 5.91. The van der Waals surface area contributed by atoms with Crippen molar-refractivity contribution >= 4 is 17.3 Å². The Kier molecular flexibility index (Phi) is 6.23. The van der Waals surface area contributed by atoms with Crippen LogP contribution in [0.15, 0.2) is 55.5 Å². The third-order valence-electron chi connectivity index (χ3n) is 4.86. The Morgan fingerprint density at radius 2 is 2.03 bits per heavy atom. The van der Waals surface area contributed by atoms with Gasteiger partial charge in [0.05, 0.1) is 11.4 Å². The van der Waals surface area contributed by atoms with Crippen molar-refractivity contribution in [2.75, 3.05) is 16.8 Å². The molecule has 0 aliphatic carbocycles. The Labute approximate surface area is 173 Å². The summed E-state index contributed by atoms with van der Waals surface area (Å²) < 4.78 is 0. The van der Waals surface area contributed by atoms with Crippen molar-refractivity contribution in [3.05, 3.63) is 66.8 Å². The summed E-state index contributed by atoms with van der Waals surface area (Å²) >= 11 is 0. The molecule has 0 amide bonds. The van der Waals surface area contributed by atoms with E-state index in [0.717, 1.165) is 48.1 Å². The van der Waals surface area contributed by atoms with E-state index in [-0.39, 0.29) is 11.6 Å². The molecule has 0 radical (unpaired) electrons. The van der Waals surface area contributed by atoms with Gasteiger partial charge in [0.25, 0.3) is 0 Å². The molecule has 0 aromatic carbocycles. The lowest BCUT2D eigenvalue weighted by molar-refractivity contribution is 0.500. The highest BCUT2D eigenvalue weighted by Gasteiger charge is 2.30. The van der Waals surface area contributed by atoms with Crippen LogP contribution in [0.3, 0.4) is 0 Å². The minimum atomic E-state index is -0.0828. The second-order valence-corrected chi connectivity index (χ2v) is 8.46. The number of hydrogen-bond acceptors (Lipinski definition) is 6. The first-order chi connectivity index (χ1) is 13.8. The zero-order valence-corrected chi connectivity index (χ0v) is 17.7. The molecule has 0 bridgehead atoms. The topological polar surface area (TPSA) is 79.1 Å². The summed E-state index contributed by atoms with van der Waals surface area (Å²) in [6.45, 7) is 15.4. The van der Waals surface area contributed by atoms with Gasteiger partial charge < -0.3 is 21.3 Å². The standard InChI is InChI=1S/C23H32N6/c1-16(28-23(3,4)5)20-12-10-18-9-11-19(13-14-24)29(22(18)27-20)17(2)26-21-8-6-7-15-25-21/h6-8,10,12,15,19,28H,1-2,9,11,13-14,24H2,3-5H3,(H,25,26)/t19-/m1/s1. The van der Waals surface area contributed by atoms with E-state index in [1.165, 1.54) is 5.56 Å². The minimum Gasteiger partial charge on any atom is -0.379 e. The van der Waals surface area contributed by atoms with Gasteiger partial charge in [-0.1, -0.05) is 25.3 Å². The molecular weight excluding hydrogens is 360 g/mol. The maximum atomic E-state index is 5.91. The number of pyridine rings is 2. The number of hydrogen-bond donors (Lipinski definition) is 3. The Morgan fingerprint density at radius 3 is 2.69 bits per heavy atom. The van der Waals surface area contributed by atoms with E-state index in [1.807, 2.05) is 24.3 Å². The zero-order valence-electron chi connectivity index (χ0n) is 17.7. The van der Waals surface area contributed by atoms with Crippen LogP contribution < -0.4 is 21.3 Å². The smallest absolute Gasteiger partial charge is 0.138 e. The highest BCUT2D eigenvalue weighted by Crippen LogP contribution is 2.34. The van der Waals surface area contributed by atoms with E-state index in [0.29, 0.717) is 6.54 Å². The Morgan fingerprint density at radius 1 is 1.24 bits per heavy atom. The SMILES string of the molecule is C=C(NC(C)(C)C)c1ccc2c(n1)N(C(=C)Nc1ccccn1)[C@@H](CCN)CC2. The zero-order chi connectivity index (χ0) is 21.0. The fourth-order valence-corrected chi connectivity index (χ4v) is 3.65. The van der Waals surface area contributed by atoms with Gasteiger partial charge in [-0.25, -0.2) is 9.97 Å². The minimum absolute atomic E-state index is 0.0828. The van der Waals surface area contributed by atoms with Gasteiger partial charge in [-0.3, -0.25) is 0 Å². The number of anilines is 2. The Hall–Kier alpha value is -2.86. The van der Waals surface area contributed by atoms with Gasteiger partial charge in [-0.2, -0.15) is 0 Å². The summed E-state index contributed by atoms with van der Waals surface area (Å²) in [5.74, 6) is 2.42. The molecule has 0 unspecified atom stereocenters. The van der Waals surface area contributed by atoms with Crippen LogP contribution in [0, 0.1) is 0 Å². The lowest BCUT2D eigenvalue weighted by atomic mass is 9.96. The molecule has 1 atom stereocenters. The fourth-order valence-electron chi connectivity index (χ4n) is 3.65. The first-order valence-electron chi connectivity index (χ1n) is 10.1. The molecule has 2 aromatic rings. The molecule has 0 fully saturated rings. The highest BCUT2D eigenvalue weighted by atomic mass is 15.3. The predicted molar refractivity (Wildman–Crippen MR) is 121 cm³/mol. The van der Waals surface area contributed by atoms with E-state index < -0.39 is 0 Å². The summed E-state index contributed by atoms with van der Waals surface area (Å²) in [4.78, 5) is 11.5. The van der Waals surface area contributed by atoms with Gasteiger partial charge in [0, 0.05) is 17.8 Å². The average Bonchev–Trinajstić information content (AvgIpc) is 2.67. The van der Waals surface area contributed by atoms with Crippen LogP contribution in [0.4, 0.5) is 11.6 Å². The van der Waals surface area contributed by atoms with Gasteiger partial charge in [-0.15, -0.1) is 0 Å². The maximum Gasteiger partial charge on any atom is 0.138 e. The molecule has 3 rings (SSSR count). The second kappa shape index (κ2) is 8.66. The van der Waals surface area contributed by atoms with Crippen LogP contribution in [0.1, 0.15) is 44.9 Å². The molecule has 0 saturated carbocycles. The molecule has 2 aromatic heterocycles. The molecule has 0 spiro atoms. The van der Waals surface area contributed by atoms with Crippen LogP contribution in [0.2, 0.25) is 0 Å². The molecule has 1 aliphatic rings. The van der Waals surface area contributed by atoms with Crippen LogP contribution in [-0.2, 0) is 6.42 Å².